The number of halogens is 4. The maximum atomic E-state index is 14.6. The van der Waals surface area contributed by atoms with Crippen molar-refractivity contribution in [1.82, 2.24) is 15.3 Å². The smallest absolute Gasteiger partial charge is 0.421 e. The molecule has 3 N–H and O–H groups in total. The number of nitrogens with one attached hydrogen (secondary N) is 3. The molecule has 0 unspecified atom stereocenters. The van der Waals surface area contributed by atoms with Gasteiger partial charge in [-0.25, -0.2) is 9.37 Å². The van der Waals surface area contributed by atoms with E-state index < -0.39 is 43.3 Å². The first-order valence-electron chi connectivity index (χ1n) is 11.8. The van der Waals surface area contributed by atoms with Crippen molar-refractivity contribution in [1.29, 1.82) is 0 Å². The largest absolute Gasteiger partial charge is 0.495 e. The van der Waals surface area contributed by atoms with E-state index in [4.69, 9.17) is 13.8 Å². The van der Waals surface area contributed by atoms with Crippen molar-refractivity contribution in [2.75, 3.05) is 38.0 Å². The van der Waals surface area contributed by atoms with Gasteiger partial charge in [-0.05, 0) is 43.7 Å². The molecule has 3 rings (SSSR count). The lowest BCUT2D eigenvalue weighted by molar-refractivity contribution is -0.137. The Morgan fingerprint density at radius 2 is 1.79 bits per heavy atom. The van der Waals surface area contributed by atoms with Crippen molar-refractivity contribution in [3.8, 4) is 5.75 Å². The number of aromatic nitrogens is 2. The summed E-state index contributed by atoms with van der Waals surface area (Å²) in [5.41, 5.74) is -0.672. The van der Waals surface area contributed by atoms with Gasteiger partial charge >= 0.3 is 6.18 Å². The van der Waals surface area contributed by atoms with Gasteiger partial charge < -0.3 is 29.7 Å². The van der Waals surface area contributed by atoms with Gasteiger partial charge in [0.2, 0.25) is 5.95 Å². The fourth-order valence-electron chi connectivity index (χ4n) is 3.46. The molecule has 9 nitrogen and oxygen atoms in total. The normalized spacial score (nSPS) is 11.4. The van der Waals surface area contributed by atoms with Crippen LogP contribution in [0, 0.1) is 5.82 Å². The molecule has 0 fully saturated rings. The molecule has 0 radical (unpaired) electrons. The van der Waals surface area contributed by atoms with E-state index >= 15 is 0 Å². The highest BCUT2D eigenvalue weighted by Crippen LogP contribution is 2.43. The molecule has 1 heterocycles. The minimum Gasteiger partial charge on any atom is -0.495 e. The lowest BCUT2D eigenvalue weighted by atomic mass is 10.1. The van der Waals surface area contributed by atoms with E-state index in [9.17, 15) is 22.4 Å². The van der Waals surface area contributed by atoms with Crippen molar-refractivity contribution >= 4 is 37.4 Å². The van der Waals surface area contributed by atoms with Crippen molar-refractivity contribution in [2.24, 2.45) is 0 Å². The molecule has 0 saturated heterocycles. The van der Waals surface area contributed by atoms with Gasteiger partial charge in [-0.15, -0.1) is 0 Å². The van der Waals surface area contributed by atoms with Crippen LogP contribution in [-0.2, 0) is 21.4 Å². The van der Waals surface area contributed by atoms with E-state index in [0.717, 1.165) is 11.6 Å². The first kappa shape index (κ1) is 30.0. The van der Waals surface area contributed by atoms with Crippen LogP contribution in [-0.4, -0.2) is 43.2 Å². The fourth-order valence-corrected chi connectivity index (χ4v) is 4.79. The van der Waals surface area contributed by atoms with Gasteiger partial charge in [-0.1, -0.05) is 12.1 Å². The van der Waals surface area contributed by atoms with Crippen LogP contribution < -0.4 is 20.7 Å². The van der Waals surface area contributed by atoms with Gasteiger partial charge in [0, 0.05) is 19.4 Å². The third kappa shape index (κ3) is 7.75. The number of para-hydroxylation sites is 1. The highest BCUT2D eigenvalue weighted by atomic mass is 31.2. The molecule has 0 aliphatic carbocycles. The molecule has 14 heteroatoms. The summed E-state index contributed by atoms with van der Waals surface area (Å²) in [5, 5.41) is 7.50. The molecule has 2 aromatic carbocycles. The predicted octanol–water partition coefficient (Wildman–Crippen LogP) is 6.37. The third-order valence-electron chi connectivity index (χ3n) is 5.19. The van der Waals surface area contributed by atoms with Gasteiger partial charge in [0.15, 0.2) is 8.38 Å². The number of anilines is 4. The average Bonchev–Trinajstić information content (AvgIpc) is 2.90. The maximum absolute atomic E-state index is 14.6. The molecular formula is C25H28F4N5O4P. The second kappa shape index (κ2) is 13.5. The van der Waals surface area contributed by atoms with E-state index in [2.05, 4.69) is 25.9 Å². The van der Waals surface area contributed by atoms with E-state index in [-0.39, 0.29) is 11.5 Å². The number of rotatable bonds is 12. The molecule has 210 valence electrons. The Kier molecular flexibility index (Phi) is 10.4. The van der Waals surface area contributed by atoms with Gasteiger partial charge in [0.25, 0.3) is 5.91 Å². The second-order valence-corrected chi connectivity index (χ2v) is 9.30. The Morgan fingerprint density at radius 1 is 1.08 bits per heavy atom. The van der Waals surface area contributed by atoms with Crippen molar-refractivity contribution in [3.63, 3.8) is 0 Å². The summed E-state index contributed by atoms with van der Waals surface area (Å²) in [6, 6.07) is 8.74. The van der Waals surface area contributed by atoms with Crippen LogP contribution in [0.2, 0.25) is 0 Å². The Labute approximate surface area is 224 Å². The lowest BCUT2D eigenvalue weighted by Crippen LogP contribution is -2.20. The summed E-state index contributed by atoms with van der Waals surface area (Å²) in [7, 11) is 1.62. The highest BCUT2D eigenvalue weighted by Gasteiger charge is 2.36. The Morgan fingerprint density at radius 3 is 2.41 bits per heavy atom. The van der Waals surface area contributed by atoms with Crippen LogP contribution in [0.5, 0.6) is 5.75 Å². The maximum Gasteiger partial charge on any atom is 0.421 e. The summed E-state index contributed by atoms with van der Waals surface area (Å²) in [5.74, 6) is -2.22. The van der Waals surface area contributed by atoms with E-state index in [1.54, 1.807) is 18.2 Å². The molecule has 0 aliphatic rings. The Bertz CT molecular complexity index is 1290. The molecule has 3 aromatic rings. The molecule has 39 heavy (non-hydrogen) atoms. The minimum atomic E-state index is -4.86. The topological polar surface area (TPSA) is 107 Å². The minimum absolute atomic E-state index is 0.199. The number of alkyl halides is 3. The lowest BCUT2D eigenvalue weighted by Gasteiger charge is -2.18. The molecule has 0 atom stereocenters. The summed E-state index contributed by atoms with van der Waals surface area (Å²) in [4.78, 5) is 19.9. The molecule has 0 bridgehead atoms. The average molecular weight is 569 g/mol. The predicted molar refractivity (Wildman–Crippen MR) is 140 cm³/mol. The highest BCUT2D eigenvalue weighted by molar-refractivity contribution is 7.46. The van der Waals surface area contributed by atoms with Crippen molar-refractivity contribution < 1.29 is 36.1 Å². The van der Waals surface area contributed by atoms with E-state index in [1.807, 2.05) is 13.8 Å². The number of carbonyl (C=O) groups excluding carboxylic acids is 1. The van der Waals surface area contributed by atoms with Crippen molar-refractivity contribution in [2.45, 2.75) is 26.2 Å². The Balaban J connectivity index is 1.96. The van der Waals surface area contributed by atoms with Crippen LogP contribution in [0.25, 0.3) is 0 Å². The van der Waals surface area contributed by atoms with Gasteiger partial charge in [-0.2, -0.15) is 18.2 Å². The van der Waals surface area contributed by atoms with E-state index in [0.29, 0.717) is 37.0 Å². The zero-order chi connectivity index (χ0) is 28.6. The number of ether oxygens (including phenoxy) is 1. The fraction of sp³-hybridized carbons (Fsp3) is 0.320. The number of hydrogen-bond donors (Lipinski definition) is 3. The quantitative estimate of drug-likeness (QED) is 0.171. The van der Waals surface area contributed by atoms with Crippen LogP contribution in [0.15, 0.2) is 42.6 Å². The molecule has 1 amide bonds. The van der Waals surface area contributed by atoms with Crippen LogP contribution in [0.3, 0.4) is 0 Å². The third-order valence-corrected chi connectivity index (χ3v) is 6.91. The zero-order valence-electron chi connectivity index (χ0n) is 21.6. The summed E-state index contributed by atoms with van der Waals surface area (Å²) < 4.78 is 72.6. The number of benzene rings is 2. The molecular weight excluding hydrogens is 541 g/mol. The van der Waals surface area contributed by atoms with Crippen molar-refractivity contribution in [3.05, 3.63) is 65.1 Å². The molecule has 0 aliphatic heterocycles. The van der Waals surface area contributed by atoms with E-state index in [1.165, 1.54) is 26.3 Å². The standard InChI is InChI=1S/C25H28F4N5O4P/c1-5-37-39(38-6-2)14-15-10-11-19(20(12-15)36-4)32-24-31-13-17(25(27,28)29)22(34-24)33-21-16(23(35)30-3)8-7-9-18(21)26/h7-13H,5-6,14H2,1-4H3,(H,30,35)(H2,31,32,33,34). The van der Waals surface area contributed by atoms with Crippen LogP contribution >= 0.6 is 8.38 Å². The molecule has 0 spiro atoms. The number of nitrogens with zero attached hydrogens (tertiary/aromatic N) is 2. The molecule has 0 saturated carbocycles. The first-order chi connectivity index (χ1) is 18.6. The van der Waals surface area contributed by atoms with Crippen LogP contribution in [0.1, 0.15) is 35.3 Å². The number of hydrogen-bond acceptors (Lipinski definition) is 8. The SMILES string of the molecule is CCOP(Cc1ccc(Nc2ncc(C(F)(F)F)c(Nc3c(F)cccc3C(=O)NC)n2)c(OC)c1)OCC. The Hall–Kier alpha value is -3.54. The van der Waals surface area contributed by atoms with Gasteiger partial charge in [0.05, 0.1) is 37.3 Å². The monoisotopic (exact) mass is 569 g/mol. The first-order valence-corrected chi connectivity index (χ1v) is 13.2. The van der Waals surface area contributed by atoms with Crippen LogP contribution in [0.4, 0.5) is 40.7 Å². The number of amides is 1. The van der Waals surface area contributed by atoms with Gasteiger partial charge in [-0.3, -0.25) is 4.79 Å². The summed E-state index contributed by atoms with van der Waals surface area (Å²) in [6.45, 7) is 4.75. The summed E-state index contributed by atoms with van der Waals surface area (Å²) >= 11 is 0. The van der Waals surface area contributed by atoms with Gasteiger partial charge in [0.1, 0.15) is 22.9 Å². The molecule has 1 aromatic heterocycles. The number of carbonyl (C=O) groups is 1. The number of methoxy groups -OCH3 is 1. The zero-order valence-corrected chi connectivity index (χ0v) is 22.5. The summed E-state index contributed by atoms with van der Waals surface area (Å²) in [6.07, 6.45) is -3.79. The second-order valence-electron chi connectivity index (χ2n) is 7.81.